The van der Waals surface area contributed by atoms with Crippen molar-refractivity contribution in [2.24, 2.45) is 0 Å². The van der Waals surface area contributed by atoms with Gasteiger partial charge in [-0.3, -0.25) is 0 Å². The minimum Gasteiger partial charge on any atom is -0.463 e. The van der Waals surface area contributed by atoms with Gasteiger partial charge in [0.05, 0.1) is 6.61 Å². The van der Waals surface area contributed by atoms with Crippen LogP contribution in [0, 0.1) is 0 Å². The van der Waals surface area contributed by atoms with Gasteiger partial charge in [0.2, 0.25) is 0 Å². The minimum atomic E-state index is -5.13. The number of esters is 2. The first-order valence-corrected chi connectivity index (χ1v) is 9.35. The fraction of sp³-hybridized carbons (Fsp3) is 0.364. The average molecular weight is 424 g/mol. The Hall–Kier alpha value is -2.87. The molecule has 0 fully saturated rings. The van der Waals surface area contributed by atoms with Crippen LogP contribution in [0.5, 0.6) is 0 Å². The van der Waals surface area contributed by atoms with E-state index in [1.165, 1.54) is 18.2 Å². The third-order valence-corrected chi connectivity index (χ3v) is 4.51. The lowest BCUT2D eigenvalue weighted by molar-refractivity contribution is -0.278. The standard InChI is InChI=1S/C22H23F3O5/c1-3-29-19(26)18(15-14-16-10-6-4-7-11-16)30-20(27)21(28-2,22(23,24)25)17-12-8-5-9-13-17/h4-13,18H,3,14-15H2,1-2H3/t18-,21+/m1/s1. The molecule has 0 aliphatic rings. The summed E-state index contributed by atoms with van der Waals surface area (Å²) in [6, 6.07) is 15.4. The molecule has 0 amide bonds. The second-order valence-electron chi connectivity index (χ2n) is 6.42. The van der Waals surface area contributed by atoms with Crippen molar-refractivity contribution in [3.05, 3.63) is 71.8 Å². The molecule has 2 atom stereocenters. The highest BCUT2D eigenvalue weighted by atomic mass is 19.4. The van der Waals surface area contributed by atoms with Crippen molar-refractivity contribution in [2.45, 2.75) is 37.6 Å². The topological polar surface area (TPSA) is 61.8 Å². The molecule has 0 aliphatic carbocycles. The van der Waals surface area contributed by atoms with Gasteiger partial charge in [-0.25, -0.2) is 9.59 Å². The van der Waals surface area contributed by atoms with Gasteiger partial charge in [0, 0.05) is 12.7 Å². The summed E-state index contributed by atoms with van der Waals surface area (Å²) in [5.74, 6) is -2.64. The molecule has 0 saturated carbocycles. The number of carbonyl (C=O) groups is 2. The second-order valence-corrected chi connectivity index (χ2v) is 6.42. The van der Waals surface area contributed by atoms with E-state index >= 15 is 0 Å². The third-order valence-electron chi connectivity index (χ3n) is 4.51. The normalized spacial score (nSPS) is 14.4. The molecule has 30 heavy (non-hydrogen) atoms. The van der Waals surface area contributed by atoms with Crippen LogP contribution in [0.25, 0.3) is 0 Å². The molecule has 5 nitrogen and oxygen atoms in total. The lowest BCUT2D eigenvalue weighted by atomic mass is 9.92. The van der Waals surface area contributed by atoms with Crippen LogP contribution in [0.15, 0.2) is 60.7 Å². The van der Waals surface area contributed by atoms with Crippen LogP contribution in [0.2, 0.25) is 0 Å². The van der Waals surface area contributed by atoms with Gasteiger partial charge in [0.1, 0.15) is 0 Å². The van der Waals surface area contributed by atoms with Gasteiger partial charge in [-0.05, 0) is 25.3 Å². The lowest BCUT2D eigenvalue weighted by Crippen LogP contribution is -2.53. The van der Waals surface area contributed by atoms with Gasteiger partial charge in [-0.1, -0.05) is 60.7 Å². The highest BCUT2D eigenvalue weighted by Gasteiger charge is 2.64. The molecule has 0 unspecified atom stereocenters. The van der Waals surface area contributed by atoms with Crippen LogP contribution < -0.4 is 0 Å². The number of ether oxygens (including phenoxy) is 3. The zero-order chi connectivity index (χ0) is 22.2. The number of methoxy groups -OCH3 is 1. The van der Waals surface area contributed by atoms with Crippen molar-refractivity contribution >= 4 is 11.9 Å². The second kappa shape index (κ2) is 10.2. The van der Waals surface area contributed by atoms with Gasteiger partial charge in [0.25, 0.3) is 5.60 Å². The molecule has 162 valence electrons. The van der Waals surface area contributed by atoms with Crippen LogP contribution in [0.1, 0.15) is 24.5 Å². The Bertz CT molecular complexity index is 824. The predicted molar refractivity (Wildman–Crippen MR) is 102 cm³/mol. The van der Waals surface area contributed by atoms with Crippen LogP contribution >= 0.6 is 0 Å². The fourth-order valence-corrected chi connectivity index (χ4v) is 3.00. The summed E-state index contributed by atoms with van der Waals surface area (Å²) in [6.45, 7) is 1.54. The first-order chi connectivity index (χ1) is 14.3. The minimum absolute atomic E-state index is 0.00834. The van der Waals surface area contributed by atoms with Gasteiger partial charge in [0.15, 0.2) is 6.10 Å². The highest BCUT2D eigenvalue weighted by Crippen LogP contribution is 2.43. The molecule has 8 heteroatoms. The molecule has 0 N–H and O–H groups in total. The van der Waals surface area contributed by atoms with E-state index in [0.717, 1.165) is 24.8 Å². The molecule has 0 radical (unpaired) electrons. The maximum atomic E-state index is 14.0. The van der Waals surface area contributed by atoms with Crippen molar-refractivity contribution in [3.63, 3.8) is 0 Å². The van der Waals surface area contributed by atoms with Crippen molar-refractivity contribution < 1.29 is 37.0 Å². The molecule has 0 aliphatic heterocycles. The summed E-state index contributed by atoms with van der Waals surface area (Å²) in [5, 5.41) is 0. The van der Waals surface area contributed by atoms with E-state index < -0.39 is 35.4 Å². The van der Waals surface area contributed by atoms with Gasteiger partial charge < -0.3 is 14.2 Å². The van der Waals surface area contributed by atoms with Gasteiger partial charge in [-0.15, -0.1) is 0 Å². The highest BCUT2D eigenvalue weighted by molar-refractivity contribution is 5.86. The molecule has 0 aromatic heterocycles. The number of carbonyl (C=O) groups excluding carboxylic acids is 2. The smallest absolute Gasteiger partial charge is 0.432 e. The summed E-state index contributed by atoms with van der Waals surface area (Å²) < 4.78 is 56.7. The number of halogens is 3. The van der Waals surface area contributed by atoms with E-state index in [4.69, 9.17) is 14.2 Å². The first kappa shape index (κ1) is 23.4. The molecule has 0 saturated heterocycles. The maximum absolute atomic E-state index is 14.0. The SMILES string of the molecule is CCOC(=O)[C@@H](CCc1ccccc1)OC(=O)[C@@](OC)(c1ccccc1)C(F)(F)F. The molecule has 2 aromatic rings. The summed E-state index contributed by atoms with van der Waals surface area (Å²) in [4.78, 5) is 25.1. The Morgan fingerprint density at radius 3 is 2.03 bits per heavy atom. The molecule has 2 aromatic carbocycles. The number of aryl methyl sites for hydroxylation is 1. The molecule has 0 bridgehead atoms. The predicted octanol–water partition coefficient (Wildman–Crippen LogP) is 4.20. The molecule has 0 heterocycles. The zero-order valence-corrected chi connectivity index (χ0v) is 16.6. The van der Waals surface area contributed by atoms with E-state index in [0.29, 0.717) is 6.42 Å². The quantitative estimate of drug-likeness (QED) is 0.565. The lowest BCUT2D eigenvalue weighted by Gasteiger charge is -2.33. The van der Waals surface area contributed by atoms with E-state index in [-0.39, 0.29) is 13.0 Å². The van der Waals surface area contributed by atoms with Crippen molar-refractivity contribution in [2.75, 3.05) is 13.7 Å². The Balaban J connectivity index is 2.33. The molecular formula is C22H23F3O5. The van der Waals surface area contributed by atoms with Crippen molar-refractivity contribution in [1.82, 2.24) is 0 Å². The van der Waals surface area contributed by atoms with Crippen LogP contribution in [0.3, 0.4) is 0 Å². The van der Waals surface area contributed by atoms with E-state index in [1.807, 2.05) is 6.07 Å². The largest absolute Gasteiger partial charge is 0.463 e. The number of hydrogen-bond acceptors (Lipinski definition) is 5. The Morgan fingerprint density at radius 2 is 1.53 bits per heavy atom. The molecule has 0 spiro atoms. The molecular weight excluding hydrogens is 401 g/mol. The Morgan fingerprint density at radius 1 is 0.967 bits per heavy atom. The summed E-state index contributed by atoms with van der Waals surface area (Å²) in [6.07, 6.45) is -6.38. The number of benzene rings is 2. The summed E-state index contributed by atoms with van der Waals surface area (Å²) in [5.41, 5.74) is -2.98. The molecule has 2 rings (SSSR count). The number of alkyl halides is 3. The van der Waals surface area contributed by atoms with Crippen molar-refractivity contribution in [1.29, 1.82) is 0 Å². The van der Waals surface area contributed by atoms with E-state index in [2.05, 4.69) is 0 Å². The first-order valence-electron chi connectivity index (χ1n) is 9.35. The monoisotopic (exact) mass is 424 g/mol. The van der Waals surface area contributed by atoms with E-state index in [9.17, 15) is 22.8 Å². The third kappa shape index (κ3) is 5.18. The van der Waals surface area contributed by atoms with Gasteiger partial charge in [-0.2, -0.15) is 13.2 Å². The van der Waals surface area contributed by atoms with Crippen LogP contribution in [-0.4, -0.2) is 37.9 Å². The Labute approximate surface area is 172 Å². The summed E-state index contributed by atoms with van der Waals surface area (Å²) >= 11 is 0. The fourth-order valence-electron chi connectivity index (χ4n) is 3.00. The van der Waals surface area contributed by atoms with Crippen molar-refractivity contribution in [3.8, 4) is 0 Å². The zero-order valence-electron chi connectivity index (χ0n) is 16.6. The number of rotatable bonds is 9. The number of hydrogen-bond donors (Lipinski definition) is 0. The Kier molecular flexibility index (Phi) is 8.00. The summed E-state index contributed by atoms with van der Waals surface area (Å²) in [7, 11) is 0.769. The van der Waals surface area contributed by atoms with Crippen LogP contribution in [-0.2, 0) is 35.8 Å². The average Bonchev–Trinajstić information content (AvgIpc) is 2.72. The van der Waals surface area contributed by atoms with Crippen LogP contribution in [0.4, 0.5) is 13.2 Å². The van der Waals surface area contributed by atoms with Gasteiger partial charge >= 0.3 is 18.1 Å². The maximum Gasteiger partial charge on any atom is 0.432 e. The van der Waals surface area contributed by atoms with E-state index in [1.54, 1.807) is 31.2 Å².